The molecule has 72 valence electrons. The van der Waals surface area contributed by atoms with E-state index >= 15 is 0 Å². The van der Waals surface area contributed by atoms with Crippen LogP contribution in [0.4, 0.5) is 0 Å². The van der Waals surface area contributed by atoms with Crippen LogP contribution in [0.25, 0.3) is 0 Å². The van der Waals surface area contributed by atoms with Gasteiger partial charge in [0.2, 0.25) is 0 Å². The Balaban J connectivity index is 2.96. The lowest BCUT2D eigenvalue weighted by atomic mass is 10.1. The van der Waals surface area contributed by atoms with Crippen molar-refractivity contribution in [3.63, 3.8) is 0 Å². The van der Waals surface area contributed by atoms with E-state index in [2.05, 4.69) is 28.4 Å². The summed E-state index contributed by atoms with van der Waals surface area (Å²) in [6, 6.07) is 0.204. The van der Waals surface area contributed by atoms with Gasteiger partial charge < -0.3 is 5.32 Å². The first-order chi connectivity index (χ1) is 6.20. The average Bonchev–Trinajstić information content (AvgIpc) is 2.53. The Labute approximate surface area is 83.0 Å². The summed E-state index contributed by atoms with van der Waals surface area (Å²) in [6.45, 7) is 8.05. The average molecular weight is 197 g/mol. The molecule has 0 amide bonds. The summed E-state index contributed by atoms with van der Waals surface area (Å²) < 4.78 is 3.95. The van der Waals surface area contributed by atoms with Crippen molar-refractivity contribution < 1.29 is 0 Å². The van der Waals surface area contributed by atoms with Crippen LogP contribution in [0, 0.1) is 0 Å². The van der Waals surface area contributed by atoms with Crippen molar-refractivity contribution in [1.82, 2.24) is 14.9 Å². The van der Waals surface area contributed by atoms with Crippen molar-refractivity contribution in [1.29, 1.82) is 0 Å². The molecule has 1 rings (SSSR count). The molecule has 3 nitrogen and oxygen atoms in total. The van der Waals surface area contributed by atoms with E-state index < -0.39 is 0 Å². The molecule has 1 unspecified atom stereocenters. The summed E-state index contributed by atoms with van der Waals surface area (Å²) >= 11 is 1.45. The number of rotatable bonds is 4. The summed E-state index contributed by atoms with van der Waals surface area (Å²) in [7, 11) is 1.93. The number of aromatic nitrogens is 2. The second kappa shape index (κ2) is 4.48. The molecule has 4 heteroatoms. The van der Waals surface area contributed by atoms with Gasteiger partial charge in [-0.2, -0.15) is 0 Å². The molecule has 1 heterocycles. The molecule has 0 spiro atoms. The Hall–Kier alpha value is -0.740. The highest BCUT2D eigenvalue weighted by Gasteiger charge is 2.16. The van der Waals surface area contributed by atoms with Gasteiger partial charge in [-0.3, -0.25) is 0 Å². The molecule has 0 aliphatic carbocycles. The number of likely N-dealkylation sites (N-methyl/N-ethyl adjacent to an activating group) is 1. The van der Waals surface area contributed by atoms with E-state index in [4.69, 9.17) is 0 Å². The standard InChI is InChI=1S/C9H15N3S/c1-5-7-9(13-12-11-7)8(10-4)6(2)3/h8,10H,2,5H2,1,3-4H3. The van der Waals surface area contributed by atoms with Crippen LogP contribution in [0.2, 0.25) is 0 Å². The van der Waals surface area contributed by atoms with Crippen molar-refractivity contribution >= 4 is 11.5 Å². The molecular formula is C9H15N3S. The fraction of sp³-hybridized carbons (Fsp3) is 0.556. The van der Waals surface area contributed by atoms with Gasteiger partial charge in [0, 0.05) is 0 Å². The lowest BCUT2D eigenvalue weighted by Crippen LogP contribution is -2.17. The molecule has 0 saturated carbocycles. The molecule has 0 bridgehead atoms. The molecule has 0 aliphatic rings. The van der Waals surface area contributed by atoms with Crippen LogP contribution >= 0.6 is 11.5 Å². The third-order valence-electron chi connectivity index (χ3n) is 1.96. The maximum atomic E-state index is 4.07. The summed E-state index contributed by atoms with van der Waals surface area (Å²) in [5.41, 5.74) is 2.18. The molecule has 0 aliphatic heterocycles. The molecule has 1 aromatic rings. The second-order valence-electron chi connectivity index (χ2n) is 3.01. The van der Waals surface area contributed by atoms with Crippen molar-refractivity contribution in [2.24, 2.45) is 0 Å². The zero-order valence-electron chi connectivity index (χ0n) is 8.29. The minimum Gasteiger partial charge on any atom is -0.309 e. The Morgan fingerprint density at radius 1 is 1.69 bits per heavy atom. The summed E-state index contributed by atoms with van der Waals surface area (Å²) in [5.74, 6) is 0. The zero-order valence-corrected chi connectivity index (χ0v) is 9.11. The van der Waals surface area contributed by atoms with Crippen molar-refractivity contribution in [3.05, 3.63) is 22.7 Å². The summed E-state index contributed by atoms with van der Waals surface area (Å²) in [6.07, 6.45) is 0.928. The predicted molar refractivity (Wildman–Crippen MR) is 55.9 cm³/mol. The first kappa shape index (κ1) is 10.3. The Morgan fingerprint density at radius 2 is 2.38 bits per heavy atom. The molecule has 1 atom stereocenters. The fourth-order valence-electron chi connectivity index (χ4n) is 1.28. The van der Waals surface area contributed by atoms with Crippen LogP contribution in [0.15, 0.2) is 12.2 Å². The first-order valence-electron chi connectivity index (χ1n) is 4.34. The highest BCUT2D eigenvalue weighted by Crippen LogP contribution is 2.25. The van der Waals surface area contributed by atoms with E-state index in [-0.39, 0.29) is 6.04 Å². The van der Waals surface area contributed by atoms with Gasteiger partial charge in [-0.25, -0.2) is 0 Å². The molecule has 0 fully saturated rings. The Bertz CT molecular complexity index is 293. The van der Waals surface area contributed by atoms with E-state index in [9.17, 15) is 0 Å². The van der Waals surface area contributed by atoms with Gasteiger partial charge in [-0.05, 0) is 31.9 Å². The van der Waals surface area contributed by atoms with Crippen molar-refractivity contribution in [3.8, 4) is 0 Å². The predicted octanol–water partition coefficient (Wildman–Crippen LogP) is 1.94. The Morgan fingerprint density at radius 3 is 2.85 bits per heavy atom. The smallest absolute Gasteiger partial charge is 0.0804 e. The van der Waals surface area contributed by atoms with Gasteiger partial charge in [-0.1, -0.05) is 23.6 Å². The number of nitrogens with zero attached hydrogens (tertiary/aromatic N) is 2. The van der Waals surface area contributed by atoms with Gasteiger partial charge in [-0.15, -0.1) is 5.10 Å². The molecule has 13 heavy (non-hydrogen) atoms. The number of aryl methyl sites for hydroxylation is 1. The van der Waals surface area contributed by atoms with E-state index in [1.807, 2.05) is 14.0 Å². The number of hydrogen-bond donors (Lipinski definition) is 1. The van der Waals surface area contributed by atoms with Crippen LogP contribution in [0.5, 0.6) is 0 Å². The highest BCUT2D eigenvalue weighted by molar-refractivity contribution is 7.05. The maximum absolute atomic E-state index is 4.07. The molecule has 1 N–H and O–H groups in total. The topological polar surface area (TPSA) is 37.8 Å². The van der Waals surface area contributed by atoms with Crippen LogP contribution in [-0.4, -0.2) is 16.6 Å². The van der Waals surface area contributed by atoms with Gasteiger partial charge in [0.25, 0.3) is 0 Å². The summed E-state index contributed by atoms with van der Waals surface area (Å²) in [5, 5.41) is 7.28. The van der Waals surface area contributed by atoms with Crippen LogP contribution < -0.4 is 5.32 Å². The van der Waals surface area contributed by atoms with Crippen LogP contribution in [-0.2, 0) is 6.42 Å². The minimum absolute atomic E-state index is 0.204. The van der Waals surface area contributed by atoms with Crippen molar-refractivity contribution in [2.75, 3.05) is 7.05 Å². The zero-order chi connectivity index (χ0) is 9.84. The van der Waals surface area contributed by atoms with E-state index in [1.54, 1.807) is 0 Å². The monoisotopic (exact) mass is 197 g/mol. The largest absolute Gasteiger partial charge is 0.309 e. The van der Waals surface area contributed by atoms with Crippen LogP contribution in [0.3, 0.4) is 0 Å². The quantitative estimate of drug-likeness (QED) is 0.750. The van der Waals surface area contributed by atoms with Crippen molar-refractivity contribution in [2.45, 2.75) is 26.3 Å². The molecule has 1 aromatic heterocycles. The SMILES string of the molecule is C=C(C)C(NC)c1snnc1CC. The van der Waals surface area contributed by atoms with Gasteiger partial charge in [0.05, 0.1) is 16.6 Å². The van der Waals surface area contributed by atoms with Crippen LogP contribution in [0.1, 0.15) is 30.5 Å². The number of nitrogens with one attached hydrogen (secondary N) is 1. The van der Waals surface area contributed by atoms with Gasteiger partial charge in [0.1, 0.15) is 0 Å². The molecule has 0 aromatic carbocycles. The second-order valence-corrected chi connectivity index (χ2v) is 3.79. The molecule has 0 saturated heterocycles. The Kier molecular flexibility index (Phi) is 3.57. The third kappa shape index (κ3) is 2.14. The molecular weight excluding hydrogens is 182 g/mol. The van der Waals surface area contributed by atoms with Gasteiger partial charge in [0.15, 0.2) is 0 Å². The normalized spacial score (nSPS) is 12.8. The fourth-order valence-corrected chi connectivity index (χ4v) is 2.22. The molecule has 0 radical (unpaired) electrons. The lowest BCUT2D eigenvalue weighted by molar-refractivity contribution is 0.681. The first-order valence-corrected chi connectivity index (χ1v) is 5.11. The van der Waals surface area contributed by atoms with Gasteiger partial charge >= 0.3 is 0 Å². The minimum atomic E-state index is 0.204. The highest BCUT2D eigenvalue weighted by atomic mass is 32.1. The maximum Gasteiger partial charge on any atom is 0.0804 e. The van der Waals surface area contributed by atoms with E-state index in [0.717, 1.165) is 17.7 Å². The number of hydrogen-bond acceptors (Lipinski definition) is 4. The van der Waals surface area contributed by atoms with E-state index in [1.165, 1.54) is 16.4 Å². The lowest BCUT2D eigenvalue weighted by Gasteiger charge is -2.14. The third-order valence-corrected chi connectivity index (χ3v) is 2.80. The summed E-state index contributed by atoms with van der Waals surface area (Å²) in [4.78, 5) is 1.19. The van der Waals surface area contributed by atoms with E-state index in [0.29, 0.717) is 0 Å².